The maximum atomic E-state index is 10.6. The monoisotopic (exact) mass is 616 g/mol. The predicted molar refractivity (Wildman–Crippen MR) is 92.4 cm³/mol. The summed E-state index contributed by atoms with van der Waals surface area (Å²) in [5.74, 6) is -6.93. The van der Waals surface area contributed by atoms with Crippen molar-refractivity contribution in [2.75, 3.05) is 39.3 Å². The van der Waals surface area contributed by atoms with Crippen molar-refractivity contribution in [1.29, 1.82) is 0 Å². The van der Waals surface area contributed by atoms with Gasteiger partial charge < -0.3 is 39.6 Å². The maximum Gasteiger partial charge on any atom is 1.00 e. The van der Waals surface area contributed by atoms with E-state index in [-0.39, 0.29) is 224 Å². The standard InChI is InChI=1S/C10H16N2O8.C7H5ClO3.4K/c13-7(14)3-11(4-8(15)16)1-2-12(5-9(17)18)6-10(19)20;8-6-3-1-2-5(4-6)7(9)11-10;;;;/h1-6H2,(H,13,14)(H,15,16)(H,17,18)(H,19,20);1-4,10H;;;;/q;;4*+1/p-4. The van der Waals surface area contributed by atoms with Crippen LogP contribution in [0.25, 0.3) is 0 Å². The SMILES string of the molecule is O=C(OO)c1cccc(Cl)c1.O=C([O-])CN(CCN(CC(=O)[O-])CC(=O)[O-])CC(=O)[O-].[K+].[K+].[K+].[K+]. The molecule has 0 radical (unpaired) electrons. The first kappa shape index (κ1) is 48.0. The van der Waals surface area contributed by atoms with E-state index in [1.165, 1.54) is 12.1 Å². The quantitative estimate of drug-likeness (QED) is 0.131. The van der Waals surface area contributed by atoms with Gasteiger partial charge in [-0.3, -0.25) is 14.7 Å². The number of carbonyl (C=O) groups excluding carboxylic acids is 5. The van der Waals surface area contributed by atoms with Gasteiger partial charge in [0.25, 0.3) is 0 Å². The van der Waals surface area contributed by atoms with E-state index in [9.17, 15) is 44.4 Å². The summed E-state index contributed by atoms with van der Waals surface area (Å²) in [5, 5.41) is 50.0. The number of benzene rings is 1. The fourth-order valence-electron chi connectivity index (χ4n) is 2.11. The first-order valence-corrected chi connectivity index (χ1v) is 8.67. The van der Waals surface area contributed by atoms with Crippen molar-refractivity contribution in [1.82, 2.24) is 9.80 Å². The number of carboxylic acid groups (broad SMARTS) is 4. The Balaban J connectivity index is -0.000000172. The van der Waals surface area contributed by atoms with Crippen molar-refractivity contribution in [2.45, 2.75) is 0 Å². The van der Waals surface area contributed by atoms with Gasteiger partial charge in [0.15, 0.2) is 0 Å². The van der Waals surface area contributed by atoms with Crippen LogP contribution in [0.5, 0.6) is 0 Å². The van der Waals surface area contributed by atoms with Crippen LogP contribution in [-0.4, -0.2) is 84.2 Å². The van der Waals surface area contributed by atoms with E-state index in [1.807, 2.05) is 0 Å². The minimum absolute atomic E-state index is 0. The largest absolute Gasteiger partial charge is 1.00 e. The maximum absolute atomic E-state index is 10.6. The van der Waals surface area contributed by atoms with Crippen LogP contribution in [0.1, 0.15) is 10.4 Å². The van der Waals surface area contributed by atoms with Crippen molar-refractivity contribution >= 4 is 41.4 Å². The second-order valence-electron chi connectivity index (χ2n) is 5.80. The summed E-state index contributed by atoms with van der Waals surface area (Å²) in [7, 11) is 0. The zero-order valence-corrected chi connectivity index (χ0v) is 33.1. The summed E-state index contributed by atoms with van der Waals surface area (Å²) in [5.41, 5.74) is 0.222. The number of hydrogen-bond acceptors (Lipinski definition) is 13. The third-order valence-corrected chi connectivity index (χ3v) is 3.52. The van der Waals surface area contributed by atoms with Gasteiger partial charge in [-0.2, -0.15) is 5.26 Å². The number of nitrogens with zero attached hydrogens (tertiary/aromatic N) is 2. The molecule has 35 heavy (non-hydrogen) atoms. The molecular weight excluding hydrogens is 600 g/mol. The average Bonchev–Trinajstić information content (AvgIpc) is 2.64. The third-order valence-electron chi connectivity index (χ3n) is 3.29. The molecule has 0 aliphatic carbocycles. The van der Waals surface area contributed by atoms with Gasteiger partial charge in [0, 0.05) is 44.3 Å². The molecule has 1 rings (SSSR count). The molecule has 0 aliphatic heterocycles. The van der Waals surface area contributed by atoms with Crippen LogP contribution in [0.2, 0.25) is 5.02 Å². The van der Waals surface area contributed by atoms with Crippen LogP contribution in [0.3, 0.4) is 0 Å². The van der Waals surface area contributed by atoms with Crippen LogP contribution in [0, 0.1) is 0 Å². The molecule has 0 spiro atoms. The van der Waals surface area contributed by atoms with E-state index in [1.54, 1.807) is 12.1 Å². The number of rotatable bonds is 12. The Hall–Kier alpha value is 3.29. The Morgan fingerprint density at radius 3 is 1.34 bits per heavy atom. The minimum Gasteiger partial charge on any atom is -0.549 e. The average molecular weight is 617 g/mol. The Kier molecular flexibility index (Phi) is 39.5. The van der Waals surface area contributed by atoms with E-state index in [4.69, 9.17) is 16.9 Å². The fourth-order valence-corrected chi connectivity index (χ4v) is 2.30. The van der Waals surface area contributed by atoms with E-state index in [2.05, 4.69) is 4.89 Å². The normalized spacial score (nSPS) is 9.03. The van der Waals surface area contributed by atoms with E-state index >= 15 is 0 Å². The van der Waals surface area contributed by atoms with Crippen molar-refractivity contribution in [3.05, 3.63) is 34.9 Å². The molecule has 0 aliphatic rings. The summed E-state index contributed by atoms with van der Waals surface area (Å²) in [6, 6.07) is 6.11. The molecule has 0 atom stereocenters. The Morgan fingerprint density at radius 1 is 0.743 bits per heavy atom. The summed E-state index contributed by atoms with van der Waals surface area (Å²) in [4.78, 5) is 57.6. The predicted octanol–water partition coefficient (Wildman–Crippen LogP) is -17.4. The second-order valence-corrected chi connectivity index (χ2v) is 6.23. The number of carboxylic acids is 4. The summed E-state index contributed by atoms with van der Waals surface area (Å²) < 4.78 is 0. The first-order valence-electron chi connectivity index (χ1n) is 8.30. The first-order chi connectivity index (χ1) is 14.4. The van der Waals surface area contributed by atoms with Crippen LogP contribution in [0.15, 0.2) is 24.3 Å². The van der Waals surface area contributed by atoms with E-state index in [0.717, 1.165) is 9.80 Å². The Labute approximate surface area is 376 Å². The van der Waals surface area contributed by atoms with E-state index in [0.29, 0.717) is 5.02 Å². The van der Waals surface area contributed by atoms with Crippen molar-refractivity contribution < 1.29 is 260 Å². The van der Waals surface area contributed by atoms with Crippen LogP contribution in [-0.2, 0) is 24.1 Å². The van der Waals surface area contributed by atoms with Gasteiger partial charge >= 0.3 is 212 Å². The second kappa shape index (κ2) is 28.8. The summed E-state index contributed by atoms with van der Waals surface area (Å²) >= 11 is 5.56. The molecule has 0 saturated heterocycles. The van der Waals surface area contributed by atoms with Gasteiger partial charge in [-0.05, 0) is 18.2 Å². The fraction of sp³-hybridized carbons (Fsp3) is 0.353. The molecule has 172 valence electrons. The molecule has 0 unspecified atom stereocenters. The molecular formula is C17H17ClK4N2O11. The molecule has 18 heteroatoms. The molecule has 0 saturated carbocycles. The summed E-state index contributed by atoms with van der Waals surface area (Å²) in [6.07, 6.45) is 0. The Morgan fingerprint density at radius 2 is 1.09 bits per heavy atom. The molecule has 1 N–H and O–H groups in total. The molecule has 0 aromatic heterocycles. The van der Waals surface area contributed by atoms with E-state index < -0.39 is 56.0 Å². The topological polar surface area (TPSA) is 214 Å². The smallest absolute Gasteiger partial charge is 0.549 e. The number of aliphatic carboxylic acids is 4. The molecule has 0 heterocycles. The number of carbonyl (C=O) groups is 5. The van der Waals surface area contributed by atoms with Gasteiger partial charge in [0.05, 0.1) is 29.4 Å². The number of hydrogen-bond donors (Lipinski definition) is 1. The zero-order valence-electron chi connectivity index (χ0n) is 19.9. The minimum atomic E-state index is -1.53. The molecule has 13 nitrogen and oxygen atoms in total. The molecule has 0 amide bonds. The molecule has 0 fully saturated rings. The van der Waals surface area contributed by atoms with Gasteiger partial charge in [-0.25, -0.2) is 4.79 Å². The summed E-state index contributed by atoms with van der Waals surface area (Å²) in [6.45, 7) is -3.25. The molecule has 1 aromatic rings. The van der Waals surface area contributed by atoms with Crippen LogP contribution >= 0.6 is 11.6 Å². The third kappa shape index (κ3) is 28.6. The molecule has 1 aromatic carbocycles. The van der Waals surface area contributed by atoms with Crippen LogP contribution < -0.4 is 226 Å². The van der Waals surface area contributed by atoms with Gasteiger partial charge in [-0.1, -0.05) is 17.7 Å². The van der Waals surface area contributed by atoms with Crippen LogP contribution in [0.4, 0.5) is 0 Å². The number of halogens is 1. The van der Waals surface area contributed by atoms with Gasteiger partial charge in [0.2, 0.25) is 0 Å². The van der Waals surface area contributed by atoms with Gasteiger partial charge in [0.1, 0.15) is 0 Å². The van der Waals surface area contributed by atoms with Crippen molar-refractivity contribution in [2.24, 2.45) is 0 Å². The van der Waals surface area contributed by atoms with Crippen molar-refractivity contribution in [3.63, 3.8) is 0 Å². The van der Waals surface area contributed by atoms with Crippen molar-refractivity contribution in [3.8, 4) is 0 Å². The Bertz CT molecular complexity index is 737. The zero-order chi connectivity index (χ0) is 24.0. The molecule has 0 bridgehead atoms. The van der Waals surface area contributed by atoms with Gasteiger partial charge in [-0.15, -0.1) is 0 Å².